The number of carbonyl (C=O) groups excluding carboxylic acids is 1. The molecule has 0 saturated carbocycles. The number of carbonyl (C=O) groups is 2. The maximum atomic E-state index is 14.3. The summed E-state index contributed by atoms with van der Waals surface area (Å²) in [6, 6.07) is 2.32. The van der Waals surface area contributed by atoms with E-state index in [4.69, 9.17) is 4.99 Å². The number of amidine groups is 1. The molecule has 3 aliphatic heterocycles. The lowest BCUT2D eigenvalue weighted by Crippen LogP contribution is -2.52. The molecule has 5 rings (SSSR count). The molecule has 2 fully saturated rings. The number of carboxylic acids is 1. The van der Waals surface area contributed by atoms with Crippen LogP contribution in [0.1, 0.15) is 41.9 Å². The summed E-state index contributed by atoms with van der Waals surface area (Å²) >= 11 is 4.75. The van der Waals surface area contributed by atoms with E-state index in [1.165, 1.54) is 17.4 Å². The lowest BCUT2D eigenvalue weighted by atomic mass is 9.91. The zero-order valence-corrected chi connectivity index (χ0v) is 21.5. The molecule has 184 valence electrons. The molecule has 3 aliphatic rings. The third kappa shape index (κ3) is 4.52. The smallest absolute Gasteiger partial charge is 0.335 e. The number of hydrogen-bond acceptors (Lipinski definition) is 7. The van der Waals surface area contributed by atoms with Gasteiger partial charge in [-0.05, 0) is 46.0 Å². The van der Waals surface area contributed by atoms with Gasteiger partial charge in [0.05, 0.1) is 10.0 Å². The predicted molar refractivity (Wildman–Crippen MR) is 134 cm³/mol. The van der Waals surface area contributed by atoms with E-state index in [1.54, 1.807) is 12.3 Å². The Morgan fingerprint density at radius 1 is 1.37 bits per heavy atom. The number of aliphatic imine (C=N–C) groups is 1. The first-order valence-electron chi connectivity index (χ1n) is 11.6. The third-order valence-electron chi connectivity index (χ3n) is 6.83. The fourth-order valence-corrected chi connectivity index (χ4v) is 6.39. The summed E-state index contributed by atoms with van der Waals surface area (Å²) in [6.45, 7) is 4.28. The third-order valence-corrected chi connectivity index (χ3v) is 8.47. The molecule has 2 N–H and O–H groups in total. The number of aromatic nitrogens is 1. The van der Waals surface area contributed by atoms with Crippen LogP contribution >= 0.6 is 27.3 Å². The molecule has 8 nitrogen and oxygen atoms in total. The van der Waals surface area contributed by atoms with E-state index in [2.05, 4.69) is 31.1 Å². The zero-order valence-electron chi connectivity index (χ0n) is 19.1. The van der Waals surface area contributed by atoms with Crippen molar-refractivity contribution >= 4 is 45.0 Å². The van der Waals surface area contributed by atoms with Crippen LogP contribution in [0.4, 0.5) is 4.39 Å². The highest BCUT2D eigenvalue weighted by Crippen LogP contribution is 2.38. The Labute approximate surface area is 214 Å². The molecule has 1 aromatic heterocycles. The normalized spacial score (nSPS) is 22.8. The molecule has 11 heteroatoms. The highest BCUT2D eigenvalue weighted by atomic mass is 79.9. The molecular weight excluding hydrogens is 537 g/mol. The Bertz CT molecular complexity index is 1230. The van der Waals surface area contributed by atoms with E-state index in [0.717, 1.165) is 6.42 Å². The first kappa shape index (κ1) is 24.1. The topological polar surface area (TPSA) is 98.1 Å². The number of amides is 1. The first-order valence-corrected chi connectivity index (χ1v) is 13.2. The highest BCUT2D eigenvalue weighted by Gasteiger charge is 2.38. The van der Waals surface area contributed by atoms with Gasteiger partial charge in [-0.2, -0.15) is 0 Å². The zero-order chi connectivity index (χ0) is 24.7. The van der Waals surface area contributed by atoms with E-state index in [-0.39, 0.29) is 17.5 Å². The second-order valence-corrected chi connectivity index (χ2v) is 10.5. The second-order valence-electron chi connectivity index (χ2n) is 8.84. The van der Waals surface area contributed by atoms with Gasteiger partial charge in [-0.3, -0.25) is 14.7 Å². The number of halogens is 2. The minimum Gasteiger partial charge on any atom is -0.478 e. The second kappa shape index (κ2) is 9.79. The average molecular weight is 562 g/mol. The fourth-order valence-electron chi connectivity index (χ4n) is 5.17. The van der Waals surface area contributed by atoms with E-state index in [1.807, 2.05) is 17.2 Å². The van der Waals surface area contributed by atoms with Gasteiger partial charge in [0.1, 0.15) is 11.9 Å². The van der Waals surface area contributed by atoms with E-state index >= 15 is 0 Å². The van der Waals surface area contributed by atoms with Crippen molar-refractivity contribution < 1.29 is 19.1 Å². The maximum absolute atomic E-state index is 14.3. The molecule has 1 aromatic carbocycles. The van der Waals surface area contributed by atoms with Crippen LogP contribution in [0, 0.1) is 5.82 Å². The van der Waals surface area contributed by atoms with Crippen molar-refractivity contribution in [3.8, 4) is 0 Å². The summed E-state index contributed by atoms with van der Waals surface area (Å²) in [7, 11) is 0. The standard InChI is InChI=1S/C24H25BrFN5O3S/c1-2-14-15(4-5-16(26)20(14)25)21-19(24(33)34)17(28-22(29-21)23-27-7-10-35-23)12-30-8-9-31-13(11-30)3-6-18(31)32/h4-5,7,10,13,21H,2-3,6,8-9,11-12H2,1H3,(H,28,29)(H,33,34)/t13-,21-/m1/s1. The largest absolute Gasteiger partial charge is 0.478 e. The molecule has 0 aliphatic carbocycles. The molecular formula is C24H25BrFN5O3S. The maximum Gasteiger partial charge on any atom is 0.335 e. The Morgan fingerprint density at radius 2 is 2.20 bits per heavy atom. The first-order chi connectivity index (χ1) is 16.9. The van der Waals surface area contributed by atoms with Gasteiger partial charge in [-0.1, -0.05) is 13.0 Å². The Hall–Kier alpha value is -2.63. The van der Waals surface area contributed by atoms with Crippen molar-refractivity contribution in [2.75, 3.05) is 26.2 Å². The van der Waals surface area contributed by atoms with Crippen molar-refractivity contribution in [1.82, 2.24) is 20.1 Å². The Balaban J connectivity index is 1.56. The summed E-state index contributed by atoms with van der Waals surface area (Å²) < 4.78 is 14.7. The van der Waals surface area contributed by atoms with Gasteiger partial charge in [0.25, 0.3) is 0 Å². The van der Waals surface area contributed by atoms with Crippen LogP contribution in [-0.4, -0.2) is 69.8 Å². The molecule has 2 atom stereocenters. The quantitative estimate of drug-likeness (QED) is 0.561. The van der Waals surface area contributed by atoms with Crippen LogP contribution in [0.2, 0.25) is 0 Å². The molecule has 1 amide bonds. The van der Waals surface area contributed by atoms with Crippen molar-refractivity contribution in [1.29, 1.82) is 0 Å². The van der Waals surface area contributed by atoms with E-state index in [9.17, 15) is 19.1 Å². The Kier molecular flexibility index (Phi) is 6.73. The summed E-state index contributed by atoms with van der Waals surface area (Å²) in [5, 5.41) is 16.1. The lowest BCUT2D eigenvalue weighted by Gasteiger charge is -2.39. The number of nitrogens with zero attached hydrogens (tertiary/aromatic N) is 4. The van der Waals surface area contributed by atoms with Gasteiger partial charge in [0.15, 0.2) is 10.8 Å². The molecule has 0 unspecified atom stereocenters. The van der Waals surface area contributed by atoms with Gasteiger partial charge >= 0.3 is 5.97 Å². The van der Waals surface area contributed by atoms with E-state index < -0.39 is 17.8 Å². The van der Waals surface area contributed by atoms with Gasteiger partial charge in [0.2, 0.25) is 5.91 Å². The molecule has 2 saturated heterocycles. The van der Waals surface area contributed by atoms with E-state index in [0.29, 0.717) is 71.2 Å². The number of aliphatic carboxylic acids is 1. The number of piperazine rings is 1. The van der Waals surface area contributed by atoms with Crippen molar-refractivity contribution in [2.24, 2.45) is 4.99 Å². The van der Waals surface area contributed by atoms with Crippen molar-refractivity contribution in [3.63, 3.8) is 0 Å². The van der Waals surface area contributed by atoms with Crippen LogP contribution < -0.4 is 5.32 Å². The Morgan fingerprint density at radius 3 is 2.91 bits per heavy atom. The van der Waals surface area contributed by atoms with Gasteiger partial charge < -0.3 is 15.3 Å². The lowest BCUT2D eigenvalue weighted by molar-refractivity contribution is -0.133. The molecule has 0 radical (unpaired) electrons. The number of thiazole rings is 1. The molecule has 4 heterocycles. The van der Waals surface area contributed by atoms with Gasteiger partial charge in [-0.15, -0.1) is 11.3 Å². The highest BCUT2D eigenvalue weighted by molar-refractivity contribution is 9.10. The van der Waals surface area contributed by atoms with Crippen LogP contribution in [-0.2, 0) is 16.0 Å². The van der Waals surface area contributed by atoms with Crippen LogP contribution in [0.5, 0.6) is 0 Å². The van der Waals surface area contributed by atoms with Crippen LogP contribution in [0.15, 0.2) is 44.4 Å². The average Bonchev–Trinajstić information content (AvgIpc) is 3.50. The SMILES string of the molecule is CCc1c([C@H]2N=C(c3nccs3)NC(CN3CCN4C(=O)CC[C@@H]4C3)=C2C(=O)O)ccc(F)c1Br. The summed E-state index contributed by atoms with van der Waals surface area (Å²) in [5.74, 6) is -0.768. The van der Waals surface area contributed by atoms with Crippen molar-refractivity contribution in [3.05, 3.63) is 61.4 Å². The van der Waals surface area contributed by atoms with Crippen LogP contribution in [0.25, 0.3) is 0 Å². The minimum absolute atomic E-state index is 0.142. The summed E-state index contributed by atoms with van der Waals surface area (Å²) in [4.78, 5) is 38.0. The van der Waals surface area contributed by atoms with Gasteiger partial charge in [-0.25, -0.2) is 14.2 Å². The van der Waals surface area contributed by atoms with Crippen LogP contribution in [0.3, 0.4) is 0 Å². The minimum atomic E-state index is -1.07. The van der Waals surface area contributed by atoms with Gasteiger partial charge in [0, 0.05) is 55.9 Å². The predicted octanol–water partition coefficient (Wildman–Crippen LogP) is 3.34. The molecule has 0 spiro atoms. The molecule has 0 bridgehead atoms. The number of benzene rings is 1. The number of hydrogen-bond donors (Lipinski definition) is 2. The summed E-state index contributed by atoms with van der Waals surface area (Å²) in [6.07, 6.45) is 3.59. The molecule has 2 aromatic rings. The van der Waals surface area contributed by atoms with Crippen molar-refractivity contribution in [2.45, 2.75) is 38.3 Å². The molecule has 35 heavy (non-hydrogen) atoms. The monoisotopic (exact) mass is 561 g/mol. The summed E-state index contributed by atoms with van der Waals surface area (Å²) in [5.41, 5.74) is 2.03. The number of fused-ring (bicyclic) bond motifs is 1. The number of rotatable bonds is 6. The number of nitrogens with one attached hydrogen (secondary N) is 1. The number of carboxylic acid groups (broad SMARTS) is 1. The fraction of sp³-hybridized carbons (Fsp3) is 0.417.